The molecule has 0 radical (unpaired) electrons. The van der Waals surface area contributed by atoms with E-state index in [9.17, 15) is 18.0 Å². The number of thioether (sulfide) groups is 1. The molecular weight excluding hydrogens is 449 g/mol. The van der Waals surface area contributed by atoms with E-state index in [1.54, 1.807) is 12.1 Å². The number of anilines is 1. The lowest BCUT2D eigenvalue weighted by atomic mass is 9.84. The molecule has 2 aliphatic rings. The Morgan fingerprint density at radius 1 is 1.15 bits per heavy atom. The summed E-state index contributed by atoms with van der Waals surface area (Å²) in [6, 6.07) is 9.06. The van der Waals surface area contributed by atoms with E-state index in [4.69, 9.17) is 5.26 Å². The molecule has 1 heterocycles. The maximum absolute atomic E-state index is 12.7. The highest BCUT2D eigenvalue weighted by molar-refractivity contribution is 8.00. The highest BCUT2D eigenvalue weighted by atomic mass is 32.2. The van der Waals surface area contributed by atoms with Gasteiger partial charge >= 0.3 is 5.51 Å². The topological polar surface area (TPSA) is 59.4 Å². The predicted molar refractivity (Wildman–Crippen MR) is 125 cm³/mol. The van der Waals surface area contributed by atoms with Gasteiger partial charge in [0.2, 0.25) is 5.91 Å². The molecule has 1 saturated heterocycles. The van der Waals surface area contributed by atoms with Gasteiger partial charge in [0.05, 0.1) is 6.07 Å². The number of halogens is 3. The smallest absolute Gasteiger partial charge is 0.369 e. The quantitative estimate of drug-likeness (QED) is 0.388. The lowest BCUT2D eigenvalue weighted by Crippen LogP contribution is -2.47. The van der Waals surface area contributed by atoms with Crippen molar-refractivity contribution in [3.8, 4) is 6.07 Å². The number of alkyl halides is 3. The molecule has 1 N–H and O–H groups in total. The van der Waals surface area contributed by atoms with Crippen LogP contribution in [0.25, 0.3) is 0 Å². The van der Waals surface area contributed by atoms with Gasteiger partial charge in [-0.15, -0.1) is 0 Å². The lowest BCUT2D eigenvalue weighted by Gasteiger charge is -2.37. The summed E-state index contributed by atoms with van der Waals surface area (Å²) < 4.78 is 38.0. The second kappa shape index (κ2) is 12.5. The number of benzene rings is 1. The summed E-state index contributed by atoms with van der Waals surface area (Å²) in [5, 5.41) is 11.7. The van der Waals surface area contributed by atoms with Crippen LogP contribution in [0.2, 0.25) is 0 Å². The first-order chi connectivity index (χ1) is 15.8. The molecule has 1 aliphatic carbocycles. The van der Waals surface area contributed by atoms with Crippen LogP contribution in [0.1, 0.15) is 51.4 Å². The Balaban J connectivity index is 1.33. The van der Waals surface area contributed by atoms with Gasteiger partial charge in [-0.05, 0) is 80.9 Å². The van der Waals surface area contributed by atoms with Crippen molar-refractivity contribution in [3.05, 3.63) is 24.3 Å². The standard InChI is InChI=1S/C24H33F3N4OS/c25-24(26,27)33-22-5-3-4-21(18-22)31-16-14-30(15-17-31)13-11-19-7-9-20(10-8-19)29-23(32)6-1-2-12-28/h3-5,18-20H,1-2,6-11,13-17H2,(H,29,32)/t19-,20-. The lowest BCUT2D eigenvalue weighted by molar-refractivity contribution is -0.122. The van der Waals surface area contributed by atoms with E-state index in [1.807, 2.05) is 6.07 Å². The molecule has 0 spiro atoms. The molecule has 182 valence electrons. The molecule has 0 bridgehead atoms. The van der Waals surface area contributed by atoms with Crippen LogP contribution in [-0.2, 0) is 4.79 Å². The SMILES string of the molecule is N#CCCCC(=O)N[C@H]1CC[C@H](CCN2CCN(c3cccc(SC(F)(F)F)c3)CC2)CC1. The summed E-state index contributed by atoms with van der Waals surface area (Å²) in [5.74, 6) is 0.750. The molecule has 33 heavy (non-hydrogen) atoms. The highest BCUT2D eigenvalue weighted by Crippen LogP contribution is 2.38. The average Bonchev–Trinajstić information content (AvgIpc) is 2.78. The number of nitriles is 1. The molecule has 1 aromatic carbocycles. The van der Waals surface area contributed by atoms with Crippen molar-refractivity contribution < 1.29 is 18.0 Å². The molecule has 1 saturated carbocycles. The van der Waals surface area contributed by atoms with Gasteiger partial charge in [0, 0.05) is 55.6 Å². The van der Waals surface area contributed by atoms with Crippen LogP contribution in [0, 0.1) is 17.2 Å². The number of carbonyl (C=O) groups excluding carboxylic acids is 1. The normalized spacial score (nSPS) is 22.1. The number of piperazine rings is 1. The van der Waals surface area contributed by atoms with E-state index < -0.39 is 5.51 Å². The van der Waals surface area contributed by atoms with E-state index in [2.05, 4.69) is 21.2 Å². The summed E-state index contributed by atoms with van der Waals surface area (Å²) in [6.45, 7) is 4.54. The molecular formula is C24H33F3N4OS. The third kappa shape index (κ3) is 9.09. The Bertz CT molecular complexity index is 798. The average molecular weight is 483 g/mol. The van der Waals surface area contributed by atoms with Gasteiger partial charge < -0.3 is 10.2 Å². The Morgan fingerprint density at radius 3 is 2.55 bits per heavy atom. The number of hydrogen-bond acceptors (Lipinski definition) is 5. The van der Waals surface area contributed by atoms with Gasteiger partial charge in [-0.2, -0.15) is 18.4 Å². The van der Waals surface area contributed by atoms with Gasteiger partial charge in [-0.25, -0.2) is 0 Å². The fourth-order valence-electron chi connectivity index (χ4n) is 4.70. The second-order valence-electron chi connectivity index (χ2n) is 8.96. The van der Waals surface area contributed by atoms with Crippen LogP contribution in [-0.4, -0.2) is 55.1 Å². The Hall–Kier alpha value is -1.92. The zero-order valence-electron chi connectivity index (χ0n) is 18.9. The summed E-state index contributed by atoms with van der Waals surface area (Å²) in [6.07, 6.45) is 6.95. The van der Waals surface area contributed by atoms with Gasteiger partial charge in [-0.1, -0.05) is 6.07 Å². The molecule has 5 nitrogen and oxygen atoms in total. The Kier molecular flexibility index (Phi) is 9.75. The van der Waals surface area contributed by atoms with Crippen molar-refractivity contribution in [3.63, 3.8) is 0 Å². The zero-order chi connectivity index (χ0) is 23.7. The monoisotopic (exact) mass is 482 g/mol. The number of amides is 1. The van der Waals surface area contributed by atoms with Crippen molar-refractivity contribution >= 4 is 23.4 Å². The zero-order valence-corrected chi connectivity index (χ0v) is 19.8. The molecule has 0 aromatic heterocycles. The fourth-order valence-corrected chi connectivity index (χ4v) is 5.29. The molecule has 1 aliphatic heterocycles. The van der Waals surface area contributed by atoms with Crippen LogP contribution in [0.5, 0.6) is 0 Å². The number of carbonyl (C=O) groups is 1. The second-order valence-corrected chi connectivity index (χ2v) is 10.1. The summed E-state index contributed by atoms with van der Waals surface area (Å²) in [4.78, 5) is 16.8. The number of unbranched alkanes of at least 4 members (excludes halogenated alkanes) is 1. The third-order valence-corrected chi connectivity index (χ3v) is 7.27. The Morgan fingerprint density at radius 2 is 1.88 bits per heavy atom. The van der Waals surface area contributed by atoms with E-state index in [0.29, 0.717) is 25.2 Å². The Labute approximate surface area is 198 Å². The fraction of sp³-hybridized carbons (Fsp3) is 0.667. The molecule has 2 fully saturated rings. The van der Waals surface area contributed by atoms with Crippen molar-refractivity contribution in [2.24, 2.45) is 5.92 Å². The van der Waals surface area contributed by atoms with Crippen molar-refractivity contribution in [1.29, 1.82) is 5.26 Å². The van der Waals surface area contributed by atoms with E-state index in [0.717, 1.165) is 70.5 Å². The first-order valence-electron chi connectivity index (χ1n) is 11.8. The van der Waals surface area contributed by atoms with Crippen molar-refractivity contribution in [2.75, 3.05) is 37.6 Å². The molecule has 9 heteroatoms. The molecule has 1 amide bonds. The van der Waals surface area contributed by atoms with Crippen LogP contribution < -0.4 is 10.2 Å². The highest BCUT2D eigenvalue weighted by Gasteiger charge is 2.29. The summed E-state index contributed by atoms with van der Waals surface area (Å²) in [5.41, 5.74) is -3.41. The van der Waals surface area contributed by atoms with Crippen molar-refractivity contribution in [1.82, 2.24) is 10.2 Å². The van der Waals surface area contributed by atoms with Crippen LogP contribution >= 0.6 is 11.8 Å². The largest absolute Gasteiger partial charge is 0.446 e. The van der Waals surface area contributed by atoms with Crippen LogP contribution in [0.3, 0.4) is 0 Å². The molecule has 3 rings (SSSR count). The first-order valence-corrected chi connectivity index (χ1v) is 12.6. The minimum absolute atomic E-state index is 0.0611. The third-order valence-electron chi connectivity index (χ3n) is 6.55. The van der Waals surface area contributed by atoms with Gasteiger partial charge in [0.1, 0.15) is 0 Å². The molecule has 0 unspecified atom stereocenters. The maximum atomic E-state index is 12.7. The molecule has 0 atom stereocenters. The van der Waals surface area contributed by atoms with Crippen molar-refractivity contribution in [2.45, 2.75) is 67.8 Å². The summed E-state index contributed by atoms with van der Waals surface area (Å²) in [7, 11) is 0. The van der Waals surface area contributed by atoms with Gasteiger partial charge in [0.25, 0.3) is 0 Å². The minimum atomic E-state index is -4.26. The van der Waals surface area contributed by atoms with Gasteiger partial charge in [0.15, 0.2) is 0 Å². The van der Waals surface area contributed by atoms with Crippen LogP contribution in [0.4, 0.5) is 18.9 Å². The van der Waals surface area contributed by atoms with E-state index in [1.165, 1.54) is 6.07 Å². The van der Waals surface area contributed by atoms with Crippen LogP contribution in [0.15, 0.2) is 29.2 Å². The van der Waals surface area contributed by atoms with E-state index >= 15 is 0 Å². The number of nitrogens with zero attached hydrogens (tertiary/aromatic N) is 3. The number of rotatable bonds is 9. The number of nitrogens with one attached hydrogen (secondary N) is 1. The first kappa shape index (κ1) is 25.7. The predicted octanol–water partition coefficient (Wildman–Crippen LogP) is 5.18. The van der Waals surface area contributed by atoms with Gasteiger partial charge in [-0.3, -0.25) is 9.69 Å². The van der Waals surface area contributed by atoms with E-state index in [-0.39, 0.29) is 28.6 Å². The maximum Gasteiger partial charge on any atom is 0.446 e. The minimum Gasteiger partial charge on any atom is -0.369 e. The summed E-state index contributed by atoms with van der Waals surface area (Å²) >= 11 is -0.0611. The molecule has 1 aromatic rings. The number of hydrogen-bond donors (Lipinski definition) is 1.